The molecule has 0 saturated heterocycles. The lowest BCUT2D eigenvalue weighted by atomic mass is 10.5. The van der Waals surface area contributed by atoms with Gasteiger partial charge in [-0.15, -0.1) is 0 Å². The van der Waals surface area contributed by atoms with E-state index < -0.39 is 7.75 Å². The van der Waals surface area contributed by atoms with Crippen LogP contribution in [0.2, 0.25) is 0 Å². The fourth-order valence-electron chi connectivity index (χ4n) is 0.902. The monoisotopic (exact) mass is 268 g/mol. The number of rotatable bonds is 6. The highest BCUT2D eigenvalue weighted by atomic mass is 32.2. The molecule has 0 bridgehead atoms. The third-order valence-electron chi connectivity index (χ3n) is 1.20. The smallest absolute Gasteiger partial charge is 0.378 e. The SMILES string of the molecule is CCS/C(N)=N/P(=O)(OC(C)C)OC(C)C. The van der Waals surface area contributed by atoms with Crippen molar-refractivity contribution in [3.8, 4) is 0 Å². The zero-order chi connectivity index (χ0) is 12.8. The molecular formula is C9H21N2O3PS. The summed E-state index contributed by atoms with van der Waals surface area (Å²) < 4.78 is 26.5. The van der Waals surface area contributed by atoms with Gasteiger partial charge in [-0.1, -0.05) is 18.7 Å². The summed E-state index contributed by atoms with van der Waals surface area (Å²) in [5.41, 5.74) is 5.60. The first-order valence-corrected chi connectivity index (χ1v) is 7.72. The Labute approximate surface area is 102 Å². The van der Waals surface area contributed by atoms with E-state index in [9.17, 15) is 4.57 Å². The van der Waals surface area contributed by atoms with Crippen molar-refractivity contribution in [3.63, 3.8) is 0 Å². The molecule has 0 atom stereocenters. The normalized spacial score (nSPS) is 13.8. The standard InChI is InChI=1S/C9H21N2O3PS/c1-6-16-9(10)11-15(12,13-7(2)3)14-8(4)5/h7-8H,6H2,1-5H3,(H2,10,11,12). The summed E-state index contributed by atoms with van der Waals surface area (Å²) in [6.45, 7) is 9.03. The molecule has 0 fully saturated rings. The first-order valence-electron chi connectivity index (χ1n) is 5.24. The second-order valence-corrected chi connectivity index (χ2v) is 6.49. The molecule has 0 aliphatic rings. The van der Waals surface area contributed by atoms with Gasteiger partial charge in [-0.2, -0.15) is 4.76 Å². The maximum absolute atomic E-state index is 12.2. The lowest BCUT2D eigenvalue weighted by Crippen LogP contribution is -2.11. The minimum atomic E-state index is -3.48. The summed E-state index contributed by atoms with van der Waals surface area (Å²) in [5.74, 6) is 0.763. The van der Waals surface area contributed by atoms with Crippen molar-refractivity contribution in [2.75, 3.05) is 5.75 Å². The van der Waals surface area contributed by atoms with Gasteiger partial charge in [0.05, 0.1) is 12.2 Å². The molecule has 0 heterocycles. The third-order valence-corrected chi connectivity index (χ3v) is 3.85. The fourth-order valence-corrected chi connectivity index (χ4v) is 3.18. The number of hydrogen-bond donors (Lipinski definition) is 1. The molecular weight excluding hydrogens is 247 g/mol. The van der Waals surface area contributed by atoms with Crippen LogP contribution >= 0.6 is 19.5 Å². The van der Waals surface area contributed by atoms with Gasteiger partial charge in [0, 0.05) is 0 Å². The van der Waals surface area contributed by atoms with Crippen molar-refractivity contribution in [1.29, 1.82) is 0 Å². The zero-order valence-corrected chi connectivity index (χ0v) is 12.2. The van der Waals surface area contributed by atoms with Gasteiger partial charge in [0.1, 0.15) is 0 Å². The first kappa shape index (κ1) is 16.0. The molecule has 7 heteroatoms. The molecule has 0 amide bonds. The molecule has 2 N–H and O–H groups in total. The number of nitrogens with zero attached hydrogens (tertiary/aromatic N) is 1. The van der Waals surface area contributed by atoms with E-state index in [0.29, 0.717) is 0 Å². The Kier molecular flexibility index (Phi) is 7.31. The van der Waals surface area contributed by atoms with E-state index in [4.69, 9.17) is 14.8 Å². The van der Waals surface area contributed by atoms with Crippen LogP contribution in [-0.2, 0) is 13.6 Å². The Balaban J connectivity index is 4.78. The number of amidine groups is 1. The summed E-state index contributed by atoms with van der Waals surface area (Å²) >= 11 is 1.31. The second-order valence-electron chi connectivity index (χ2n) is 3.65. The molecule has 0 spiro atoms. The van der Waals surface area contributed by atoms with E-state index in [-0.39, 0.29) is 17.4 Å². The minimum absolute atomic E-state index is 0.229. The predicted octanol–water partition coefficient (Wildman–Crippen LogP) is 3.01. The van der Waals surface area contributed by atoms with Crippen molar-refractivity contribution in [2.24, 2.45) is 10.5 Å². The Bertz CT molecular complexity index is 268. The molecule has 5 nitrogen and oxygen atoms in total. The molecule has 0 aliphatic heterocycles. The summed E-state index contributed by atoms with van der Waals surface area (Å²) in [6, 6.07) is 0. The van der Waals surface area contributed by atoms with Gasteiger partial charge in [0.25, 0.3) is 0 Å². The summed E-state index contributed by atoms with van der Waals surface area (Å²) in [7, 11) is -3.48. The molecule has 0 aromatic heterocycles. The molecule has 0 aromatic rings. The molecule has 0 rings (SSSR count). The Morgan fingerprint density at radius 1 is 1.31 bits per heavy atom. The van der Waals surface area contributed by atoms with E-state index >= 15 is 0 Å². The molecule has 0 saturated carbocycles. The lowest BCUT2D eigenvalue weighted by molar-refractivity contribution is 0.143. The molecule has 0 aromatic carbocycles. The Morgan fingerprint density at radius 3 is 2.06 bits per heavy atom. The topological polar surface area (TPSA) is 73.9 Å². The second kappa shape index (κ2) is 7.33. The summed E-state index contributed by atoms with van der Waals surface area (Å²) in [4.78, 5) is 0. The number of hydrogen-bond acceptors (Lipinski definition) is 4. The van der Waals surface area contributed by atoms with Crippen LogP contribution in [0, 0.1) is 0 Å². The maximum Gasteiger partial charge on any atom is 0.456 e. The van der Waals surface area contributed by atoms with Crippen LogP contribution in [0.3, 0.4) is 0 Å². The lowest BCUT2D eigenvalue weighted by Gasteiger charge is -2.18. The van der Waals surface area contributed by atoms with E-state index in [1.165, 1.54) is 11.8 Å². The average molecular weight is 268 g/mol. The van der Waals surface area contributed by atoms with E-state index in [1.807, 2.05) is 6.92 Å². The van der Waals surface area contributed by atoms with Gasteiger partial charge < -0.3 is 5.73 Å². The van der Waals surface area contributed by atoms with Gasteiger partial charge in [0.15, 0.2) is 5.17 Å². The Hall–Kier alpha value is -0.0300. The average Bonchev–Trinajstić information content (AvgIpc) is 1.98. The van der Waals surface area contributed by atoms with Crippen molar-refractivity contribution in [2.45, 2.75) is 46.8 Å². The molecule has 0 aliphatic carbocycles. The van der Waals surface area contributed by atoms with Crippen LogP contribution in [-0.4, -0.2) is 23.1 Å². The van der Waals surface area contributed by atoms with Crippen LogP contribution in [0.4, 0.5) is 0 Å². The molecule has 16 heavy (non-hydrogen) atoms. The van der Waals surface area contributed by atoms with Gasteiger partial charge in [-0.05, 0) is 33.4 Å². The highest BCUT2D eigenvalue weighted by molar-refractivity contribution is 8.14. The van der Waals surface area contributed by atoms with Crippen LogP contribution in [0.5, 0.6) is 0 Å². The van der Waals surface area contributed by atoms with Crippen molar-refractivity contribution in [1.82, 2.24) is 0 Å². The first-order chi connectivity index (χ1) is 7.29. The predicted molar refractivity (Wildman–Crippen MR) is 69.8 cm³/mol. The fraction of sp³-hybridized carbons (Fsp3) is 0.889. The van der Waals surface area contributed by atoms with Gasteiger partial charge >= 0.3 is 7.75 Å². The van der Waals surface area contributed by atoms with Gasteiger partial charge in [-0.3, -0.25) is 9.05 Å². The highest BCUT2D eigenvalue weighted by Crippen LogP contribution is 2.52. The zero-order valence-electron chi connectivity index (χ0n) is 10.5. The third kappa shape index (κ3) is 7.28. The highest BCUT2D eigenvalue weighted by Gasteiger charge is 2.27. The van der Waals surface area contributed by atoms with E-state index in [0.717, 1.165) is 5.75 Å². The van der Waals surface area contributed by atoms with Crippen LogP contribution in [0.1, 0.15) is 34.6 Å². The van der Waals surface area contributed by atoms with E-state index in [1.54, 1.807) is 27.7 Å². The van der Waals surface area contributed by atoms with E-state index in [2.05, 4.69) is 4.76 Å². The van der Waals surface area contributed by atoms with Gasteiger partial charge in [0.2, 0.25) is 0 Å². The minimum Gasteiger partial charge on any atom is -0.378 e. The van der Waals surface area contributed by atoms with Crippen LogP contribution in [0.15, 0.2) is 4.76 Å². The number of nitrogens with two attached hydrogens (primary N) is 1. The molecule has 0 radical (unpaired) electrons. The largest absolute Gasteiger partial charge is 0.456 e. The van der Waals surface area contributed by atoms with Crippen molar-refractivity contribution < 1.29 is 13.6 Å². The van der Waals surface area contributed by atoms with Crippen LogP contribution < -0.4 is 5.73 Å². The summed E-state index contributed by atoms with van der Waals surface area (Å²) in [6.07, 6.45) is -0.458. The van der Waals surface area contributed by atoms with Gasteiger partial charge in [-0.25, -0.2) is 4.57 Å². The molecule has 0 unspecified atom stereocenters. The quantitative estimate of drug-likeness (QED) is 0.455. The maximum atomic E-state index is 12.2. The van der Waals surface area contributed by atoms with Crippen molar-refractivity contribution >= 4 is 24.7 Å². The summed E-state index contributed by atoms with van der Waals surface area (Å²) in [5, 5.41) is 0.229. The van der Waals surface area contributed by atoms with Crippen LogP contribution in [0.25, 0.3) is 0 Å². The number of thioether (sulfide) groups is 1. The molecule has 96 valence electrons. The van der Waals surface area contributed by atoms with Crippen molar-refractivity contribution in [3.05, 3.63) is 0 Å². The Morgan fingerprint density at radius 2 is 1.75 bits per heavy atom.